The minimum Gasteiger partial charge on any atom is -0.475 e. The van der Waals surface area contributed by atoms with Crippen molar-refractivity contribution in [1.29, 1.82) is 5.41 Å². The second-order valence-corrected chi connectivity index (χ2v) is 10.9. The fourth-order valence-electron chi connectivity index (χ4n) is 4.87. The number of amides is 1. The van der Waals surface area contributed by atoms with Crippen LogP contribution in [0.2, 0.25) is 0 Å². The number of halogens is 9. The number of aromatic nitrogens is 2. The summed E-state index contributed by atoms with van der Waals surface area (Å²) in [7, 11) is 0.836. The van der Waals surface area contributed by atoms with Crippen molar-refractivity contribution in [3.63, 3.8) is 0 Å². The van der Waals surface area contributed by atoms with E-state index in [1.165, 1.54) is 24.3 Å². The molecule has 286 valence electrons. The number of nitrogens with one attached hydrogen (secondary N) is 4. The molecule has 0 radical (unpaired) electrons. The zero-order valence-corrected chi connectivity index (χ0v) is 27.0. The highest BCUT2D eigenvalue weighted by Gasteiger charge is 2.62. The van der Waals surface area contributed by atoms with E-state index < -0.39 is 42.0 Å². The van der Waals surface area contributed by atoms with E-state index in [2.05, 4.69) is 25.9 Å². The number of guanidine groups is 1. The molecule has 22 heteroatoms. The standard InChI is InChI=1S/C26H30F3N7O2.2C2HF3O2/c1-15-12-13-18-17(14-15)21(32-19-10-6-7-11-20(19)33-23(30)31)35-24(34-18)36-22(37)25(38-2,26(27,28)29)16-8-4-3-5-9-16;2*3-2(4,5)1(6)7/h3-5,8-9,12-14,19-20H,6-7,10-11H2,1-2H3,(H4,30,31,33)(H2,32,34,35,36,37);2*(H,6,7)/t19?,20?,25-;;/m1../s1. The van der Waals surface area contributed by atoms with E-state index in [9.17, 15) is 44.3 Å². The molecule has 8 N–H and O–H groups in total. The van der Waals surface area contributed by atoms with E-state index in [-0.39, 0.29) is 29.6 Å². The smallest absolute Gasteiger partial charge is 0.475 e. The summed E-state index contributed by atoms with van der Waals surface area (Å²) < 4.78 is 111. The summed E-state index contributed by atoms with van der Waals surface area (Å²) in [6.45, 7) is 1.90. The molecule has 1 aromatic heterocycles. The number of nitrogens with two attached hydrogens (primary N) is 1. The van der Waals surface area contributed by atoms with Gasteiger partial charge in [-0.3, -0.25) is 15.5 Å². The lowest BCUT2D eigenvalue weighted by Gasteiger charge is -2.34. The Labute approximate surface area is 288 Å². The third-order valence-corrected chi connectivity index (χ3v) is 7.20. The molecular formula is C30H32F9N7O6. The zero-order chi connectivity index (χ0) is 39.7. The Morgan fingerprint density at radius 2 is 1.38 bits per heavy atom. The normalized spacial score (nSPS) is 17.2. The van der Waals surface area contributed by atoms with Crippen molar-refractivity contribution >= 4 is 46.5 Å². The summed E-state index contributed by atoms with van der Waals surface area (Å²) in [6.07, 6.45) is -11.8. The number of carboxylic acids is 2. The van der Waals surface area contributed by atoms with E-state index in [1.54, 1.807) is 12.1 Å². The van der Waals surface area contributed by atoms with Crippen LogP contribution in [0.3, 0.4) is 0 Å². The molecule has 3 aromatic rings. The second kappa shape index (κ2) is 17.2. The van der Waals surface area contributed by atoms with Crippen LogP contribution in [-0.2, 0) is 24.7 Å². The number of rotatable bonds is 7. The molecule has 1 aliphatic rings. The average molecular weight is 758 g/mol. The van der Waals surface area contributed by atoms with Crippen molar-refractivity contribution in [3.8, 4) is 0 Å². The number of aliphatic carboxylic acids is 2. The minimum atomic E-state index is -5.08. The van der Waals surface area contributed by atoms with Gasteiger partial charge in [-0.25, -0.2) is 14.6 Å². The number of ether oxygens (including phenoxy) is 1. The number of hydrogen-bond acceptors (Lipinski definition) is 8. The Kier molecular flexibility index (Phi) is 14.1. The van der Waals surface area contributed by atoms with Crippen molar-refractivity contribution in [2.24, 2.45) is 5.73 Å². The monoisotopic (exact) mass is 757 g/mol. The van der Waals surface area contributed by atoms with Crippen molar-refractivity contribution < 1.29 is 68.8 Å². The van der Waals surface area contributed by atoms with E-state index in [4.69, 9.17) is 35.7 Å². The molecule has 0 spiro atoms. The van der Waals surface area contributed by atoms with Gasteiger partial charge in [0.2, 0.25) is 5.95 Å². The SMILES string of the molecule is CO[C@@](C(=O)Nc1nc(NC2CCCCC2NC(=N)N)c2cc(C)ccc2n1)(c1ccccc1)C(F)(F)F.O=C(O)C(F)(F)F.O=C(O)C(F)(F)F. The Morgan fingerprint density at radius 3 is 1.85 bits per heavy atom. The minimum absolute atomic E-state index is 0.140. The average Bonchev–Trinajstić information content (AvgIpc) is 3.02. The first-order valence-electron chi connectivity index (χ1n) is 14.7. The number of carbonyl (C=O) groups is 3. The fraction of sp³-hybridized carbons (Fsp3) is 0.400. The molecule has 0 saturated heterocycles. The number of anilines is 2. The Balaban J connectivity index is 0.000000564. The molecule has 1 fully saturated rings. The molecule has 0 bridgehead atoms. The van der Waals surface area contributed by atoms with Crippen molar-refractivity contribution in [3.05, 3.63) is 59.7 Å². The topological polar surface area (TPSA) is 213 Å². The molecule has 2 unspecified atom stereocenters. The van der Waals surface area contributed by atoms with E-state index in [1.807, 2.05) is 19.1 Å². The summed E-state index contributed by atoms with van der Waals surface area (Å²) in [6, 6.07) is 11.8. The fourth-order valence-corrected chi connectivity index (χ4v) is 4.87. The first-order chi connectivity index (χ1) is 23.9. The van der Waals surface area contributed by atoms with Crippen LogP contribution in [0.1, 0.15) is 36.8 Å². The molecule has 52 heavy (non-hydrogen) atoms. The van der Waals surface area contributed by atoms with Gasteiger partial charge in [0.05, 0.1) is 5.52 Å². The van der Waals surface area contributed by atoms with Gasteiger partial charge in [0.25, 0.3) is 11.5 Å². The molecule has 13 nitrogen and oxygen atoms in total. The number of hydrogen-bond donors (Lipinski definition) is 7. The number of methoxy groups -OCH3 is 1. The first kappa shape index (κ1) is 42.8. The highest BCUT2D eigenvalue weighted by atomic mass is 19.4. The second-order valence-electron chi connectivity index (χ2n) is 10.9. The maximum absolute atomic E-state index is 14.4. The van der Waals surface area contributed by atoms with Crippen molar-refractivity contribution in [2.45, 2.75) is 68.8 Å². The Bertz CT molecular complexity index is 1700. The van der Waals surface area contributed by atoms with Crippen LogP contribution in [0.15, 0.2) is 48.5 Å². The zero-order valence-electron chi connectivity index (χ0n) is 27.0. The maximum atomic E-state index is 14.4. The summed E-state index contributed by atoms with van der Waals surface area (Å²) in [5.41, 5.74) is 3.30. The lowest BCUT2D eigenvalue weighted by Crippen LogP contribution is -2.53. The molecule has 3 atom stereocenters. The molecule has 1 amide bonds. The number of carboxylic acid groups (broad SMARTS) is 2. The van der Waals surface area contributed by atoms with Crippen LogP contribution in [0, 0.1) is 12.3 Å². The Hall–Kier alpha value is -5.41. The van der Waals surface area contributed by atoms with Gasteiger partial charge in [0, 0.05) is 30.1 Å². The number of benzene rings is 2. The van der Waals surface area contributed by atoms with Gasteiger partial charge in [-0.05, 0) is 31.9 Å². The summed E-state index contributed by atoms with van der Waals surface area (Å²) in [5, 5.41) is 31.1. The van der Waals surface area contributed by atoms with Crippen LogP contribution in [-0.4, -0.2) is 81.7 Å². The number of nitrogens with zero attached hydrogens (tertiary/aromatic N) is 2. The maximum Gasteiger partial charge on any atom is 0.490 e. The van der Waals surface area contributed by atoms with Crippen LogP contribution in [0.4, 0.5) is 51.3 Å². The molecule has 0 aliphatic heterocycles. The molecule has 1 aliphatic carbocycles. The highest BCUT2D eigenvalue weighted by Crippen LogP contribution is 2.43. The summed E-state index contributed by atoms with van der Waals surface area (Å²) in [4.78, 5) is 39.8. The molecule has 4 rings (SSSR count). The lowest BCUT2D eigenvalue weighted by molar-refractivity contribution is -0.263. The van der Waals surface area contributed by atoms with Gasteiger partial charge in [-0.15, -0.1) is 0 Å². The van der Waals surface area contributed by atoms with Gasteiger partial charge in [0.15, 0.2) is 5.96 Å². The number of fused-ring (bicyclic) bond motifs is 1. The van der Waals surface area contributed by atoms with Crippen LogP contribution in [0.25, 0.3) is 10.9 Å². The Morgan fingerprint density at radius 1 is 0.865 bits per heavy atom. The van der Waals surface area contributed by atoms with Gasteiger partial charge in [-0.2, -0.15) is 44.5 Å². The largest absolute Gasteiger partial charge is 0.490 e. The molecule has 1 saturated carbocycles. The van der Waals surface area contributed by atoms with E-state index in [0.717, 1.165) is 38.4 Å². The number of carbonyl (C=O) groups excluding carboxylic acids is 1. The number of alkyl halides is 9. The van der Waals surface area contributed by atoms with Crippen LogP contribution < -0.4 is 21.7 Å². The quantitative estimate of drug-likeness (QED) is 0.0914. The highest BCUT2D eigenvalue weighted by molar-refractivity contribution is 5.99. The van der Waals surface area contributed by atoms with Crippen molar-refractivity contribution in [2.75, 3.05) is 17.7 Å². The molecular weight excluding hydrogens is 725 g/mol. The summed E-state index contributed by atoms with van der Waals surface area (Å²) >= 11 is 0. The van der Waals surface area contributed by atoms with Gasteiger partial charge >= 0.3 is 30.5 Å². The van der Waals surface area contributed by atoms with E-state index >= 15 is 0 Å². The van der Waals surface area contributed by atoms with Crippen molar-refractivity contribution in [1.82, 2.24) is 15.3 Å². The van der Waals surface area contributed by atoms with Crippen LogP contribution >= 0.6 is 0 Å². The van der Waals surface area contributed by atoms with Gasteiger partial charge < -0.3 is 31.3 Å². The first-order valence-corrected chi connectivity index (χ1v) is 14.7. The summed E-state index contributed by atoms with van der Waals surface area (Å²) in [5.74, 6) is -7.08. The molecule has 2 aromatic carbocycles. The third kappa shape index (κ3) is 11.3. The van der Waals surface area contributed by atoms with E-state index in [0.29, 0.717) is 16.7 Å². The molecule has 1 heterocycles. The van der Waals surface area contributed by atoms with Crippen LogP contribution in [0.5, 0.6) is 0 Å². The third-order valence-electron chi connectivity index (χ3n) is 7.20. The predicted octanol–water partition coefficient (Wildman–Crippen LogP) is 5.45. The van der Waals surface area contributed by atoms with Gasteiger partial charge in [0.1, 0.15) is 5.82 Å². The lowest BCUT2D eigenvalue weighted by atomic mass is 9.90. The predicted molar refractivity (Wildman–Crippen MR) is 166 cm³/mol. The number of aryl methyl sites for hydroxylation is 1. The van der Waals surface area contributed by atoms with Gasteiger partial charge in [-0.1, -0.05) is 54.8 Å².